The van der Waals surface area contributed by atoms with Crippen molar-refractivity contribution in [1.29, 1.82) is 0 Å². The average Bonchev–Trinajstić information content (AvgIpc) is 3.23. The highest BCUT2D eigenvalue weighted by atomic mass is 16.5. The smallest absolute Gasteiger partial charge is 0.157 e. The molecule has 4 aromatic rings. The van der Waals surface area contributed by atoms with Gasteiger partial charge >= 0.3 is 0 Å². The molecule has 3 atom stereocenters. The van der Waals surface area contributed by atoms with Crippen molar-refractivity contribution in [2.24, 2.45) is 0 Å². The van der Waals surface area contributed by atoms with Gasteiger partial charge in [0.05, 0.1) is 55.6 Å². The fourth-order valence-corrected chi connectivity index (χ4v) is 4.59. The van der Waals surface area contributed by atoms with Gasteiger partial charge in [-0.1, -0.05) is 0 Å². The molecule has 2 bridgehead atoms. The van der Waals surface area contributed by atoms with E-state index in [1.54, 1.807) is 18.6 Å². The molecular weight excluding hydrogens is 432 g/mol. The lowest BCUT2D eigenvalue weighted by molar-refractivity contribution is -0.0122. The average molecular weight is 459 g/mol. The van der Waals surface area contributed by atoms with Gasteiger partial charge in [0.1, 0.15) is 17.7 Å². The van der Waals surface area contributed by atoms with Crippen molar-refractivity contribution in [2.45, 2.75) is 44.9 Å². The lowest BCUT2D eigenvalue weighted by atomic mass is 9.94. The number of rotatable bonds is 5. The number of nitrogens with zero attached hydrogens (tertiary/aromatic N) is 6. The molecule has 2 aliphatic rings. The Bertz CT molecular complexity index is 1310. The van der Waals surface area contributed by atoms with Crippen molar-refractivity contribution in [3.63, 3.8) is 0 Å². The summed E-state index contributed by atoms with van der Waals surface area (Å²) < 4.78 is 14.1. The zero-order valence-corrected chi connectivity index (χ0v) is 19.1. The first kappa shape index (κ1) is 20.9. The van der Waals surface area contributed by atoms with Crippen LogP contribution in [-0.2, 0) is 4.74 Å². The van der Waals surface area contributed by atoms with Gasteiger partial charge in [-0.15, -0.1) is 0 Å². The molecule has 10 heteroatoms. The topological polar surface area (TPSA) is 111 Å². The number of ether oxygens (including phenoxy) is 2. The Morgan fingerprint density at radius 2 is 1.76 bits per heavy atom. The standard InChI is InChI=1S/C24H26N8O2/c1-14-3-19(21(7-25-14)34-18-4-16-12-33-13-17(5-18)29-16)20-10-32-11-23(31-24(32)9-27-20)30-22-8-26-15(2)6-28-22/h3,6-11,16-18,29H,4-5,12-13H2,1-2H3,(H,28,30)/t16-,17+,18-. The maximum absolute atomic E-state index is 6.49. The molecule has 34 heavy (non-hydrogen) atoms. The number of aryl methyl sites for hydroxylation is 2. The summed E-state index contributed by atoms with van der Waals surface area (Å²) in [4.78, 5) is 22.4. The van der Waals surface area contributed by atoms with Gasteiger partial charge in [0.15, 0.2) is 11.5 Å². The minimum atomic E-state index is 0.117. The lowest BCUT2D eigenvalue weighted by Crippen LogP contribution is -2.56. The summed E-state index contributed by atoms with van der Waals surface area (Å²) in [6.07, 6.45) is 12.8. The van der Waals surface area contributed by atoms with E-state index in [0.29, 0.717) is 23.7 Å². The second-order valence-electron chi connectivity index (χ2n) is 8.96. The lowest BCUT2D eigenvalue weighted by Gasteiger charge is -2.40. The Labute approximate surface area is 196 Å². The summed E-state index contributed by atoms with van der Waals surface area (Å²) in [5, 5.41) is 6.80. The molecular formula is C24H26N8O2. The summed E-state index contributed by atoms with van der Waals surface area (Å²) in [6.45, 7) is 5.34. The van der Waals surface area contributed by atoms with Crippen LogP contribution in [-0.4, -0.2) is 60.7 Å². The molecule has 0 unspecified atom stereocenters. The maximum atomic E-state index is 6.49. The van der Waals surface area contributed by atoms with Gasteiger partial charge in [0, 0.05) is 42.4 Å². The number of pyridine rings is 1. The van der Waals surface area contributed by atoms with E-state index in [4.69, 9.17) is 9.47 Å². The number of piperidine rings is 1. The van der Waals surface area contributed by atoms with E-state index >= 15 is 0 Å². The van der Waals surface area contributed by atoms with E-state index < -0.39 is 0 Å². The summed E-state index contributed by atoms with van der Waals surface area (Å²) in [6, 6.07) is 2.69. The maximum Gasteiger partial charge on any atom is 0.157 e. The molecule has 0 spiro atoms. The molecule has 2 aliphatic heterocycles. The first-order valence-electron chi connectivity index (χ1n) is 11.5. The Balaban J connectivity index is 1.27. The zero-order valence-electron chi connectivity index (χ0n) is 19.1. The summed E-state index contributed by atoms with van der Waals surface area (Å²) in [5.74, 6) is 2.06. The van der Waals surface area contributed by atoms with Gasteiger partial charge in [0.2, 0.25) is 0 Å². The molecule has 6 heterocycles. The van der Waals surface area contributed by atoms with E-state index in [1.165, 1.54) is 0 Å². The van der Waals surface area contributed by atoms with Crippen molar-refractivity contribution in [3.8, 4) is 17.0 Å². The second kappa shape index (κ2) is 8.62. The van der Waals surface area contributed by atoms with Crippen LogP contribution >= 0.6 is 0 Å². The molecule has 4 aromatic heterocycles. The molecule has 2 fully saturated rings. The number of hydrogen-bond acceptors (Lipinski definition) is 9. The third kappa shape index (κ3) is 4.29. The van der Waals surface area contributed by atoms with Gasteiger partial charge in [-0.25, -0.2) is 9.97 Å². The van der Waals surface area contributed by atoms with Crippen LogP contribution in [0.1, 0.15) is 24.2 Å². The van der Waals surface area contributed by atoms with Gasteiger partial charge in [-0.3, -0.25) is 15.0 Å². The van der Waals surface area contributed by atoms with Gasteiger partial charge in [-0.05, 0) is 19.9 Å². The fourth-order valence-electron chi connectivity index (χ4n) is 4.59. The monoisotopic (exact) mass is 458 g/mol. The van der Waals surface area contributed by atoms with Crippen molar-refractivity contribution in [2.75, 3.05) is 18.5 Å². The van der Waals surface area contributed by atoms with Crippen LogP contribution in [0.15, 0.2) is 43.2 Å². The van der Waals surface area contributed by atoms with Crippen LogP contribution in [0.25, 0.3) is 16.9 Å². The van der Waals surface area contributed by atoms with E-state index in [0.717, 1.165) is 60.1 Å². The number of hydrogen-bond donors (Lipinski definition) is 2. The molecule has 0 radical (unpaired) electrons. The molecule has 0 saturated carbocycles. The third-order valence-corrected chi connectivity index (χ3v) is 6.16. The van der Waals surface area contributed by atoms with Crippen LogP contribution in [0.3, 0.4) is 0 Å². The van der Waals surface area contributed by atoms with Crippen molar-refractivity contribution >= 4 is 17.3 Å². The van der Waals surface area contributed by atoms with Gasteiger partial charge in [0.25, 0.3) is 0 Å². The highest BCUT2D eigenvalue weighted by molar-refractivity contribution is 5.68. The molecule has 6 rings (SSSR count). The molecule has 0 aromatic carbocycles. The van der Waals surface area contributed by atoms with Gasteiger partial charge < -0.3 is 24.5 Å². The van der Waals surface area contributed by atoms with E-state index in [2.05, 4.69) is 35.6 Å². The van der Waals surface area contributed by atoms with Gasteiger partial charge in [-0.2, -0.15) is 0 Å². The number of nitrogens with one attached hydrogen (secondary N) is 2. The summed E-state index contributed by atoms with van der Waals surface area (Å²) >= 11 is 0. The van der Waals surface area contributed by atoms with Crippen LogP contribution in [0.2, 0.25) is 0 Å². The first-order valence-corrected chi connectivity index (χ1v) is 11.5. The van der Waals surface area contributed by atoms with Crippen molar-refractivity contribution in [3.05, 3.63) is 54.6 Å². The molecule has 0 amide bonds. The Morgan fingerprint density at radius 1 is 0.941 bits per heavy atom. The molecule has 2 N–H and O–H groups in total. The Morgan fingerprint density at radius 3 is 2.56 bits per heavy atom. The minimum Gasteiger partial charge on any atom is -0.488 e. The molecule has 174 valence electrons. The molecule has 2 saturated heterocycles. The predicted molar refractivity (Wildman–Crippen MR) is 126 cm³/mol. The molecule has 10 nitrogen and oxygen atoms in total. The number of fused-ring (bicyclic) bond motifs is 3. The quantitative estimate of drug-likeness (QED) is 0.466. The minimum absolute atomic E-state index is 0.117. The van der Waals surface area contributed by atoms with Crippen LogP contribution in [0.5, 0.6) is 5.75 Å². The highest BCUT2D eigenvalue weighted by Gasteiger charge is 2.33. The van der Waals surface area contributed by atoms with Crippen LogP contribution in [0.4, 0.5) is 11.6 Å². The second-order valence-corrected chi connectivity index (χ2v) is 8.96. The fraction of sp³-hybridized carbons (Fsp3) is 0.375. The first-order chi connectivity index (χ1) is 16.6. The van der Waals surface area contributed by atoms with E-state index in [9.17, 15) is 0 Å². The van der Waals surface area contributed by atoms with E-state index in [1.807, 2.05) is 42.9 Å². The Hall–Kier alpha value is -3.63. The van der Waals surface area contributed by atoms with E-state index in [-0.39, 0.29) is 6.10 Å². The highest BCUT2D eigenvalue weighted by Crippen LogP contribution is 2.32. The van der Waals surface area contributed by atoms with Crippen LogP contribution in [0, 0.1) is 13.8 Å². The predicted octanol–water partition coefficient (Wildman–Crippen LogP) is 2.84. The SMILES string of the molecule is Cc1cnc(Nc2cn3cc(-c4cc(C)ncc4O[C@H]4C[C@H]5COC[C@@H](C4)N5)ncc3n2)cn1. The summed E-state index contributed by atoms with van der Waals surface area (Å²) in [7, 11) is 0. The van der Waals surface area contributed by atoms with Crippen LogP contribution < -0.4 is 15.4 Å². The number of morpholine rings is 1. The Kier molecular flexibility index (Phi) is 5.31. The number of anilines is 2. The zero-order chi connectivity index (χ0) is 23.1. The molecule has 0 aliphatic carbocycles. The number of aromatic nitrogens is 6. The largest absolute Gasteiger partial charge is 0.488 e. The van der Waals surface area contributed by atoms with Crippen molar-refractivity contribution in [1.82, 2.24) is 34.6 Å². The normalized spacial score (nSPS) is 22.0. The number of imidazole rings is 1. The van der Waals surface area contributed by atoms with Crippen molar-refractivity contribution < 1.29 is 9.47 Å². The summed E-state index contributed by atoms with van der Waals surface area (Å²) in [5.41, 5.74) is 4.21. The third-order valence-electron chi connectivity index (χ3n) is 6.16.